The molecule has 0 unspecified atom stereocenters. The topological polar surface area (TPSA) is 76.1 Å². The van der Waals surface area contributed by atoms with Crippen LogP contribution < -0.4 is 5.32 Å². The second kappa shape index (κ2) is 3.38. The summed E-state index contributed by atoms with van der Waals surface area (Å²) in [4.78, 5) is 14.0. The van der Waals surface area contributed by atoms with Gasteiger partial charge in [-0.3, -0.25) is 4.79 Å². The highest BCUT2D eigenvalue weighted by Crippen LogP contribution is 2.23. The third-order valence-electron chi connectivity index (χ3n) is 1.01. The van der Waals surface area contributed by atoms with E-state index in [9.17, 15) is 17.1 Å². The van der Waals surface area contributed by atoms with Crippen LogP contribution >= 0.6 is 11.3 Å². The van der Waals surface area contributed by atoms with E-state index >= 15 is 0 Å². The second-order valence-corrected chi connectivity index (χ2v) is 4.71. The van der Waals surface area contributed by atoms with Gasteiger partial charge in [-0.1, -0.05) is 15.2 Å². The Hall–Kier alpha value is -1.02. The largest absolute Gasteiger partial charge is 0.343 e. The third-order valence-corrected chi connectivity index (χ3v) is 3.15. The fourth-order valence-electron chi connectivity index (χ4n) is 0.580. The maximum atomic E-state index is 12.3. The summed E-state index contributed by atoms with van der Waals surface area (Å²) in [5, 5.41) is 2.29. The Kier molecular flexibility index (Phi) is 2.62. The highest BCUT2D eigenvalue weighted by atomic mass is 32.3. The first-order valence-electron chi connectivity index (χ1n) is 3.07. The molecule has 0 radical (unpaired) electrons. The molecule has 1 aromatic rings. The van der Waals surface area contributed by atoms with E-state index in [0.29, 0.717) is 11.3 Å². The van der Waals surface area contributed by atoms with Crippen molar-refractivity contribution >= 4 is 32.6 Å². The monoisotopic (exact) mass is 224 g/mol. The predicted octanol–water partition coefficient (Wildman–Crippen LogP) is 0.760. The van der Waals surface area contributed by atoms with Crippen LogP contribution in [0.2, 0.25) is 0 Å². The lowest BCUT2D eigenvalue weighted by molar-refractivity contribution is -0.114. The van der Waals surface area contributed by atoms with Gasteiger partial charge in [-0.2, -0.15) is 8.42 Å². The smallest absolute Gasteiger partial charge is 0.302 e. The van der Waals surface area contributed by atoms with Crippen molar-refractivity contribution in [3.63, 3.8) is 0 Å². The highest BCUT2D eigenvalue weighted by Gasteiger charge is 2.16. The summed E-state index contributed by atoms with van der Waals surface area (Å²) in [6.07, 6.45) is 0.852. The number of rotatable bonds is 2. The first-order valence-corrected chi connectivity index (χ1v) is 5.27. The van der Waals surface area contributed by atoms with Crippen molar-refractivity contribution in [3.05, 3.63) is 6.20 Å². The van der Waals surface area contributed by atoms with Crippen LogP contribution in [0, 0.1) is 0 Å². The van der Waals surface area contributed by atoms with Gasteiger partial charge in [-0.15, -0.1) is 0 Å². The lowest BCUT2D eigenvalue weighted by Crippen LogP contribution is -2.04. The van der Waals surface area contributed by atoms with Gasteiger partial charge in [0.05, 0.1) is 6.20 Å². The second-order valence-electron chi connectivity index (χ2n) is 2.10. The number of hydrogen-bond donors (Lipinski definition) is 1. The van der Waals surface area contributed by atoms with Gasteiger partial charge in [-0.25, -0.2) is 4.98 Å². The molecule has 13 heavy (non-hydrogen) atoms. The molecule has 0 fully saturated rings. The maximum Gasteiger partial charge on any atom is 0.343 e. The minimum absolute atomic E-state index is 0.0590. The first kappa shape index (κ1) is 10.1. The zero-order chi connectivity index (χ0) is 10.1. The Labute approximate surface area is 77.8 Å². The Morgan fingerprint density at radius 3 is 2.69 bits per heavy atom. The summed E-state index contributed by atoms with van der Waals surface area (Å²) in [7, 11) is -4.71. The van der Waals surface area contributed by atoms with E-state index in [1.54, 1.807) is 0 Å². The number of hydrogen-bond acceptors (Lipinski definition) is 5. The molecule has 1 N–H and O–H groups in total. The van der Waals surface area contributed by atoms with Crippen molar-refractivity contribution in [1.82, 2.24) is 4.98 Å². The molecule has 0 spiro atoms. The van der Waals surface area contributed by atoms with Crippen LogP contribution in [0.1, 0.15) is 6.92 Å². The van der Waals surface area contributed by atoms with Gasteiger partial charge in [0.1, 0.15) is 0 Å². The molecule has 1 heterocycles. The Morgan fingerprint density at radius 1 is 1.69 bits per heavy atom. The molecular formula is C5H5FN2O3S2. The van der Waals surface area contributed by atoms with Crippen LogP contribution in [0.15, 0.2) is 10.4 Å². The quantitative estimate of drug-likeness (QED) is 0.752. The Balaban J connectivity index is 2.94. The Bertz CT molecular complexity index is 425. The molecular weight excluding hydrogens is 219 g/mol. The number of halogens is 1. The highest BCUT2D eigenvalue weighted by molar-refractivity contribution is 7.88. The first-order chi connectivity index (χ1) is 5.89. The molecule has 72 valence electrons. The summed E-state index contributed by atoms with van der Waals surface area (Å²) in [6, 6.07) is 0. The SMILES string of the molecule is CC(=O)Nc1ncc(S(=O)(=O)F)s1. The van der Waals surface area contributed by atoms with E-state index in [0.717, 1.165) is 6.20 Å². The standard InChI is InChI=1S/C5H5FN2O3S2/c1-3(9)8-5-7-2-4(12-5)13(6,10)11/h2H,1H3,(H,7,8,9). The zero-order valence-electron chi connectivity index (χ0n) is 6.44. The number of aromatic nitrogens is 1. The fourth-order valence-corrected chi connectivity index (χ4v) is 1.99. The fraction of sp³-hybridized carbons (Fsp3) is 0.200. The summed E-state index contributed by atoms with van der Waals surface area (Å²) < 4.78 is 32.4. The van der Waals surface area contributed by atoms with Crippen LogP contribution in [0.5, 0.6) is 0 Å². The zero-order valence-corrected chi connectivity index (χ0v) is 8.08. The molecule has 0 atom stereocenters. The van der Waals surface area contributed by atoms with Gasteiger partial charge in [0.15, 0.2) is 9.34 Å². The lowest BCUT2D eigenvalue weighted by Gasteiger charge is -1.91. The van der Waals surface area contributed by atoms with Gasteiger partial charge >= 0.3 is 10.2 Å². The van der Waals surface area contributed by atoms with Crippen LogP contribution in [0.3, 0.4) is 0 Å². The maximum absolute atomic E-state index is 12.3. The molecule has 8 heteroatoms. The van der Waals surface area contributed by atoms with Crippen molar-refractivity contribution < 1.29 is 17.1 Å². The van der Waals surface area contributed by atoms with E-state index < -0.39 is 20.3 Å². The lowest BCUT2D eigenvalue weighted by atomic mass is 10.7. The molecule has 1 rings (SSSR count). The number of amides is 1. The molecule has 1 aromatic heterocycles. The number of carbonyl (C=O) groups excluding carboxylic acids is 1. The summed E-state index contributed by atoms with van der Waals surface area (Å²) in [5.74, 6) is -0.392. The summed E-state index contributed by atoms with van der Waals surface area (Å²) >= 11 is 0.562. The van der Waals surface area contributed by atoms with Crippen molar-refractivity contribution in [1.29, 1.82) is 0 Å². The molecule has 5 nitrogen and oxygen atoms in total. The van der Waals surface area contributed by atoms with Crippen LogP contribution in [0.4, 0.5) is 9.02 Å². The minimum Gasteiger partial charge on any atom is -0.302 e. The number of anilines is 1. The van der Waals surface area contributed by atoms with Crippen LogP contribution in [-0.4, -0.2) is 19.3 Å². The van der Waals surface area contributed by atoms with Crippen molar-refractivity contribution in [2.45, 2.75) is 11.1 Å². The molecule has 0 bridgehead atoms. The van der Waals surface area contributed by atoms with E-state index in [1.165, 1.54) is 6.92 Å². The van der Waals surface area contributed by atoms with E-state index in [-0.39, 0.29) is 5.13 Å². The third kappa shape index (κ3) is 2.74. The average molecular weight is 224 g/mol. The van der Waals surface area contributed by atoms with Gasteiger partial charge in [-0.05, 0) is 0 Å². The number of nitrogens with zero attached hydrogens (tertiary/aromatic N) is 1. The summed E-state index contributed by atoms with van der Waals surface area (Å²) in [6.45, 7) is 1.24. The minimum atomic E-state index is -4.71. The Morgan fingerprint density at radius 2 is 2.31 bits per heavy atom. The average Bonchev–Trinajstić information content (AvgIpc) is 2.32. The van der Waals surface area contributed by atoms with E-state index in [4.69, 9.17) is 0 Å². The van der Waals surface area contributed by atoms with Crippen LogP contribution in [0.25, 0.3) is 0 Å². The summed E-state index contributed by atoms with van der Waals surface area (Å²) in [5.41, 5.74) is 0. The van der Waals surface area contributed by atoms with Crippen molar-refractivity contribution in [2.24, 2.45) is 0 Å². The molecule has 0 aliphatic carbocycles. The van der Waals surface area contributed by atoms with Gasteiger partial charge in [0.2, 0.25) is 5.91 Å². The van der Waals surface area contributed by atoms with E-state index in [1.807, 2.05) is 0 Å². The van der Waals surface area contributed by atoms with Gasteiger partial charge < -0.3 is 5.32 Å². The van der Waals surface area contributed by atoms with Crippen molar-refractivity contribution in [2.75, 3.05) is 5.32 Å². The molecule has 0 aromatic carbocycles. The van der Waals surface area contributed by atoms with Crippen molar-refractivity contribution in [3.8, 4) is 0 Å². The molecule has 0 aliphatic rings. The van der Waals surface area contributed by atoms with Crippen LogP contribution in [-0.2, 0) is 15.0 Å². The van der Waals surface area contributed by atoms with Gasteiger partial charge in [0.25, 0.3) is 0 Å². The normalized spacial score (nSPS) is 11.2. The number of nitrogens with one attached hydrogen (secondary N) is 1. The number of carbonyl (C=O) groups is 1. The van der Waals surface area contributed by atoms with E-state index in [2.05, 4.69) is 10.3 Å². The molecule has 1 amide bonds. The predicted molar refractivity (Wildman–Crippen MR) is 44.7 cm³/mol. The molecule has 0 aliphatic heterocycles. The molecule has 0 saturated heterocycles. The van der Waals surface area contributed by atoms with Gasteiger partial charge in [0, 0.05) is 6.92 Å². The molecule has 0 saturated carbocycles. The number of thiazole rings is 1.